The third-order valence-electron chi connectivity index (χ3n) is 4.51. The first-order valence-corrected chi connectivity index (χ1v) is 9.15. The van der Waals surface area contributed by atoms with E-state index >= 15 is 0 Å². The van der Waals surface area contributed by atoms with Crippen LogP contribution in [-0.4, -0.2) is 24.5 Å². The van der Waals surface area contributed by atoms with E-state index in [1.54, 1.807) is 6.20 Å². The largest absolute Gasteiger partial charge is 0.374 e. The number of carbonyl (C=O) groups excluding carboxylic acids is 1. The van der Waals surface area contributed by atoms with E-state index in [-0.39, 0.29) is 5.91 Å². The van der Waals surface area contributed by atoms with Crippen LogP contribution in [0.4, 0.5) is 11.4 Å². The van der Waals surface area contributed by atoms with Crippen LogP contribution in [0.2, 0.25) is 0 Å². The molecule has 0 saturated heterocycles. The van der Waals surface area contributed by atoms with Crippen LogP contribution in [0.5, 0.6) is 0 Å². The molecule has 1 aromatic heterocycles. The van der Waals surface area contributed by atoms with Crippen LogP contribution in [0.25, 0.3) is 10.9 Å². The van der Waals surface area contributed by atoms with Crippen molar-refractivity contribution in [2.45, 2.75) is 26.2 Å². The third-order valence-corrected chi connectivity index (χ3v) is 4.51. The van der Waals surface area contributed by atoms with Gasteiger partial charge in [0.2, 0.25) is 0 Å². The lowest BCUT2D eigenvalue weighted by Gasteiger charge is -2.22. The molecule has 0 spiro atoms. The summed E-state index contributed by atoms with van der Waals surface area (Å²) in [4.78, 5) is 19.4. The lowest BCUT2D eigenvalue weighted by atomic mass is 10.1. The Bertz CT molecular complexity index is 891. The average molecular weight is 347 g/mol. The second-order valence-corrected chi connectivity index (χ2v) is 6.52. The zero-order valence-electron chi connectivity index (χ0n) is 15.4. The molecule has 3 rings (SSSR count). The molecular formula is C22H25N3O. The monoisotopic (exact) mass is 347 g/mol. The van der Waals surface area contributed by atoms with Crippen LogP contribution in [0.15, 0.2) is 60.8 Å². The minimum atomic E-state index is -0.111. The quantitative estimate of drug-likeness (QED) is 0.604. The number of benzene rings is 2. The lowest BCUT2D eigenvalue weighted by Crippen LogP contribution is -2.23. The molecular weight excluding hydrogens is 322 g/mol. The summed E-state index contributed by atoms with van der Waals surface area (Å²) in [6.45, 7) is 3.13. The number of pyridine rings is 1. The Hall–Kier alpha value is -2.88. The third kappa shape index (κ3) is 4.20. The van der Waals surface area contributed by atoms with Crippen molar-refractivity contribution >= 4 is 28.2 Å². The summed E-state index contributed by atoms with van der Waals surface area (Å²) >= 11 is 0. The fourth-order valence-corrected chi connectivity index (χ4v) is 3.06. The van der Waals surface area contributed by atoms with Gasteiger partial charge in [-0.25, -0.2) is 0 Å². The van der Waals surface area contributed by atoms with Crippen molar-refractivity contribution in [2.75, 3.05) is 23.8 Å². The molecule has 2 aromatic carbocycles. The van der Waals surface area contributed by atoms with Crippen molar-refractivity contribution < 1.29 is 4.79 Å². The van der Waals surface area contributed by atoms with E-state index in [2.05, 4.69) is 22.1 Å². The Morgan fingerprint density at radius 1 is 1.08 bits per heavy atom. The number of hydrogen-bond acceptors (Lipinski definition) is 3. The number of unbranched alkanes of at least 4 members (excludes halogenated alkanes) is 2. The lowest BCUT2D eigenvalue weighted by molar-refractivity contribution is 0.102. The zero-order chi connectivity index (χ0) is 18.4. The van der Waals surface area contributed by atoms with Gasteiger partial charge in [-0.05, 0) is 30.7 Å². The van der Waals surface area contributed by atoms with E-state index in [9.17, 15) is 4.79 Å². The van der Waals surface area contributed by atoms with Gasteiger partial charge in [-0.2, -0.15) is 0 Å². The van der Waals surface area contributed by atoms with Crippen LogP contribution in [0.3, 0.4) is 0 Å². The van der Waals surface area contributed by atoms with Crippen molar-refractivity contribution in [3.63, 3.8) is 0 Å². The van der Waals surface area contributed by atoms with E-state index < -0.39 is 0 Å². The number of aromatic nitrogens is 1. The van der Waals surface area contributed by atoms with Crippen molar-refractivity contribution in [3.05, 3.63) is 66.4 Å². The summed E-state index contributed by atoms with van der Waals surface area (Å²) in [6.07, 6.45) is 5.21. The summed E-state index contributed by atoms with van der Waals surface area (Å²) in [5, 5.41) is 3.99. The highest BCUT2D eigenvalue weighted by Gasteiger charge is 2.14. The Balaban J connectivity index is 1.78. The SMILES string of the molecule is CCCCCN(C)c1ccccc1C(=O)Nc1cnc2ccccc2c1. The van der Waals surface area contributed by atoms with E-state index in [1.165, 1.54) is 12.8 Å². The zero-order valence-corrected chi connectivity index (χ0v) is 15.4. The number of amides is 1. The molecule has 1 N–H and O–H groups in total. The molecule has 134 valence electrons. The summed E-state index contributed by atoms with van der Waals surface area (Å²) in [6, 6.07) is 17.6. The predicted molar refractivity (Wildman–Crippen MR) is 109 cm³/mol. The van der Waals surface area contributed by atoms with Crippen LogP contribution in [-0.2, 0) is 0 Å². The fraction of sp³-hybridized carbons (Fsp3) is 0.273. The maximum Gasteiger partial charge on any atom is 0.257 e. The molecule has 1 amide bonds. The molecule has 1 heterocycles. The highest BCUT2D eigenvalue weighted by atomic mass is 16.1. The first kappa shape index (κ1) is 17.9. The van der Waals surface area contributed by atoms with Gasteiger partial charge < -0.3 is 10.2 Å². The Morgan fingerprint density at radius 3 is 2.69 bits per heavy atom. The van der Waals surface area contributed by atoms with Gasteiger partial charge in [-0.15, -0.1) is 0 Å². The Kier molecular flexibility index (Phi) is 5.84. The van der Waals surface area contributed by atoms with Gasteiger partial charge in [-0.3, -0.25) is 9.78 Å². The van der Waals surface area contributed by atoms with Crippen LogP contribution in [0, 0.1) is 0 Å². The standard InChI is InChI=1S/C22H25N3O/c1-3-4-9-14-25(2)21-13-8-6-11-19(21)22(26)24-18-15-17-10-5-7-12-20(17)23-16-18/h5-8,10-13,15-16H,3-4,9,14H2,1-2H3,(H,24,26). The topological polar surface area (TPSA) is 45.2 Å². The number of para-hydroxylation sites is 2. The number of hydrogen-bond donors (Lipinski definition) is 1. The highest BCUT2D eigenvalue weighted by Crippen LogP contribution is 2.22. The molecule has 4 nitrogen and oxygen atoms in total. The maximum atomic E-state index is 12.8. The van der Waals surface area contributed by atoms with E-state index in [0.29, 0.717) is 11.3 Å². The van der Waals surface area contributed by atoms with E-state index in [0.717, 1.165) is 29.6 Å². The predicted octanol–water partition coefficient (Wildman–Crippen LogP) is 5.11. The second kappa shape index (κ2) is 8.48. The van der Waals surface area contributed by atoms with E-state index in [4.69, 9.17) is 0 Å². The minimum Gasteiger partial charge on any atom is -0.374 e. The van der Waals surface area contributed by atoms with Crippen LogP contribution in [0.1, 0.15) is 36.5 Å². The molecule has 0 unspecified atom stereocenters. The maximum absolute atomic E-state index is 12.8. The molecule has 3 aromatic rings. The number of anilines is 2. The van der Waals surface area contributed by atoms with Gasteiger partial charge in [0, 0.05) is 24.7 Å². The summed E-state index contributed by atoms with van der Waals surface area (Å²) in [5.41, 5.74) is 3.26. The van der Waals surface area contributed by atoms with Crippen LogP contribution < -0.4 is 10.2 Å². The van der Waals surface area contributed by atoms with Gasteiger partial charge in [0.25, 0.3) is 5.91 Å². The smallest absolute Gasteiger partial charge is 0.257 e. The molecule has 0 saturated carbocycles. The van der Waals surface area contributed by atoms with Gasteiger partial charge in [0.05, 0.1) is 23.0 Å². The molecule has 0 aliphatic heterocycles. The molecule has 4 heteroatoms. The average Bonchev–Trinajstić information content (AvgIpc) is 2.68. The molecule has 0 bridgehead atoms. The number of nitrogens with one attached hydrogen (secondary N) is 1. The number of carbonyl (C=O) groups is 1. The Labute approximate surface area is 154 Å². The van der Waals surface area contributed by atoms with Crippen molar-refractivity contribution in [3.8, 4) is 0 Å². The number of rotatable bonds is 7. The Morgan fingerprint density at radius 2 is 1.85 bits per heavy atom. The van der Waals surface area contributed by atoms with Crippen molar-refractivity contribution in [1.29, 1.82) is 0 Å². The first-order valence-electron chi connectivity index (χ1n) is 9.15. The molecule has 0 radical (unpaired) electrons. The van der Waals surface area contributed by atoms with Gasteiger partial charge >= 0.3 is 0 Å². The molecule has 0 atom stereocenters. The molecule has 0 fully saturated rings. The molecule has 0 aliphatic rings. The first-order chi connectivity index (χ1) is 12.7. The van der Waals surface area contributed by atoms with Gasteiger partial charge in [0.1, 0.15) is 0 Å². The summed E-state index contributed by atoms with van der Waals surface area (Å²) in [5.74, 6) is -0.111. The summed E-state index contributed by atoms with van der Waals surface area (Å²) < 4.78 is 0. The summed E-state index contributed by atoms with van der Waals surface area (Å²) in [7, 11) is 2.04. The second-order valence-electron chi connectivity index (χ2n) is 6.52. The normalized spacial score (nSPS) is 10.7. The fourth-order valence-electron chi connectivity index (χ4n) is 3.06. The van der Waals surface area contributed by atoms with Gasteiger partial charge in [-0.1, -0.05) is 50.1 Å². The van der Waals surface area contributed by atoms with Crippen molar-refractivity contribution in [2.24, 2.45) is 0 Å². The van der Waals surface area contributed by atoms with Crippen LogP contribution >= 0.6 is 0 Å². The molecule has 0 aliphatic carbocycles. The highest BCUT2D eigenvalue weighted by molar-refractivity contribution is 6.08. The van der Waals surface area contributed by atoms with Crippen molar-refractivity contribution in [1.82, 2.24) is 4.98 Å². The number of nitrogens with zero attached hydrogens (tertiary/aromatic N) is 2. The number of fused-ring (bicyclic) bond motifs is 1. The molecule has 26 heavy (non-hydrogen) atoms. The van der Waals surface area contributed by atoms with Gasteiger partial charge in [0.15, 0.2) is 0 Å². The van der Waals surface area contributed by atoms with E-state index in [1.807, 2.05) is 61.6 Å². The minimum absolute atomic E-state index is 0.111.